The molecule has 0 saturated carbocycles. The molecule has 1 atom stereocenters. The van der Waals surface area contributed by atoms with Gasteiger partial charge in [-0.15, -0.1) is 11.8 Å². The first kappa shape index (κ1) is 17.7. The van der Waals surface area contributed by atoms with Gasteiger partial charge in [-0.3, -0.25) is 4.79 Å². The molecule has 122 valence electrons. The second kappa shape index (κ2) is 7.27. The number of benzene rings is 2. The van der Waals surface area contributed by atoms with Gasteiger partial charge in [-0.1, -0.05) is 23.7 Å². The minimum Gasteiger partial charge on any atom is -0.325 e. The van der Waals surface area contributed by atoms with Gasteiger partial charge in [0.25, 0.3) is 0 Å². The minimum atomic E-state index is -4.52. The molecule has 2 nitrogen and oxygen atoms in total. The summed E-state index contributed by atoms with van der Waals surface area (Å²) in [5, 5.41) is 2.36. The first-order chi connectivity index (χ1) is 10.8. The van der Waals surface area contributed by atoms with Crippen LogP contribution in [0, 0.1) is 0 Å². The third kappa shape index (κ3) is 4.91. The fourth-order valence-corrected chi connectivity index (χ4v) is 2.84. The van der Waals surface area contributed by atoms with Crippen molar-refractivity contribution in [2.45, 2.75) is 23.2 Å². The molecule has 0 aliphatic carbocycles. The fourth-order valence-electron chi connectivity index (χ4n) is 1.84. The van der Waals surface area contributed by atoms with Crippen LogP contribution in [0.4, 0.5) is 18.9 Å². The van der Waals surface area contributed by atoms with Crippen molar-refractivity contribution in [2.75, 3.05) is 5.32 Å². The molecule has 0 aliphatic heterocycles. The lowest BCUT2D eigenvalue weighted by molar-refractivity contribution is -0.137. The fraction of sp³-hybridized carbons (Fsp3) is 0.188. The summed E-state index contributed by atoms with van der Waals surface area (Å²) in [5.41, 5.74) is -1.11. The van der Waals surface area contributed by atoms with Gasteiger partial charge < -0.3 is 5.32 Å². The van der Waals surface area contributed by atoms with Crippen LogP contribution < -0.4 is 5.32 Å². The summed E-state index contributed by atoms with van der Waals surface area (Å²) in [7, 11) is 0. The van der Waals surface area contributed by atoms with Crippen LogP contribution in [0.1, 0.15) is 12.5 Å². The number of hydrogen-bond donors (Lipinski definition) is 1. The molecule has 0 bridgehead atoms. The van der Waals surface area contributed by atoms with E-state index in [2.05, 4.69) is 5.32 Å². The number of thioether (sulfide) groups is 1. The Labute approximate surface area is 141 Å². The van der Waals surface area contributed by atoms with Gasteiger partial charge >= 0.3 is 6.18 Å². The van der Waals surface area contributed by atoms with Crippen LogP contribution in [0.25, 0.3) is 0 Å². The summed E-state index contributed by atoms with van der Waals surface area (Å²) >= 11 is 7.02. The van der Waals surface area contributed by atoms with Crippen LogP contribution in [0.5, 0.6) is 0 Å². The lowest BCUT2D eigenvalue weighted by Crippen LogP contribution is -2.24. The van der Waals surface area contributed by atoms with E-state index in [1.54, 1.807) is 31.2 Å². The molecule has 1 amide bonds. The van der Waals surface area contributed by atoms with Crippen LogP contribution in [0.3, 0.4) is 0 Å². The minimum absolute atomic E-state index is 0.242. The molecule has 0 aromatic heterocycles. The highest BCUT2D eigenvalue weighted by atomic mass is 35.5. The standard InChI is InChI=1S/C16H13ClF3NOS/c1-10(23-12-8-6-11(17)7-9-12)15(22)21-14-5-3-2-4-13(14)16(18,19)20/h2-10H,1H3,(H,21,22)/t10-/m0/s1. The molecule has 2 rings (SSSR count). The van der Waals surface area contributed by atoms with Gasteiger partial charge in [0.1, 0.15) is 0 Å². The predicted molar refractivity (Wildman–Crippen MR) is 86.8 cm³/mol. The van der Waals surface area contributed by atoms with E-state index in [1.165, 1.54) is 30.0 Å². The first-order valence-corrected chi connectivity index (χ1v) is 7.92. The van der Waals surface area contributed by atoms with Crippen LogP contribution in [0.2, 0.25) is 5.02 Å². The maximum absolute atomic E-state index is 12.9. The van der Waals surface area contributed by atoms with Crippen LogP contribution >= 0.6 is 23.4 Å². The monoisotopic (exact) mass is 359 g/mol. The van der Waals surface area contributed by atoms with Crippen molar-refractivity contribution in [1.82, 2.24) is 0 Å². The molecule has 0 radical (unpaired) electrons. The van der Waals surface area contributed by atoms with E-state index in [1.807, 2.05) is 0 Å². The van der Waals surface area contributed by atoms with Gasteiger partial charge in [-0.2, -0.15) is 13.2 Å². The molecule has 0 heterocycles. The molecular formula is C16H13ClF3NOS. The Kier molecular flexibility index (Phi) is 5.59. The molecule has 7 heteroatoms. The molecule has 0 aliphatic rings. The Morgan fingerprint density at radius 3 is 2.35 bits per heavy atom. The Morgan fingerprint density at radius 2 is 1.74 bits per heavy atom. The topological polar surface area (TPSA) is 29.1 Å². The average Bonchev–Trinajstić information content (AvgIpc) is 2.49. The van der Waals surface area contributed by atoms with E-state index in [0.29, 0.717) is 5.02 Å². The second-order valence-electron chi connectivity index (χ2n) is 4.75. The number of nitrogens with one attached hydrogen (secondary N) is 1. The van der Waals surface area contributed by atoms with E-state index in [9.17, 15) is 18.0 Å². The lowest BCUT2D eigenvalue weighted by Gasteiger charge is -2.16. The Hall–Kier alpha value is -1.66. The highest BCUT2D eigenvalue weighted by Gasteiger charge is 2.33. The van der Waals surface area contributed by atoms with Crippen molar-refractivity contribution >= 4 is 35.0 Å². The lowest BCUT2D eigenvalue weighted by atomic mass is 10.1. The van der Waals surface area contributed by atoms with Gasteiger partial charge in [0.05, 0.1) is 16.5 Å². The number of para-hydroxylation sites is 1. The number of anilines is 1. The maximum Gasteiger partial charge on any atom is 0.418 e. The highest BCUT2D eigenvalue weighted by molar-refractivity contribution is 8.00. The molecule has 23 heavy (non-hydrogen) atoms. The maximum atomic E-state index is 12.9. The molecule has 1 N–H and O–H groups in total. The quantitative estimate of drug-likeness (QED) is 0.732. The van der Waals surface area contributed by atoms with Crippen molar-refractivity contribution in [1.29, 1.82) is 0 Å². The third-order valence-electron chi connectivity index (χ3n) is 2.99. The van der Waals surface area contributed by atoms with Crippen molar-refractivity contribution < 1.29 is 18.0 Å². The van der Waals surface area contributed by atoms with Crippen LogP contribution in [-0.4, -0.2) is 11.2 Å². The number of halogens is 4. The summed E-state index contributed by atoms with van der Waals surface area (Å²) in [4.78, 5) is 12.9. The smallest absolute Gasteiger partial charge is 0.325 e. The molecule has 0 unspecified atom stereocenters. The van der Waals surface area contributed by atoms with Crippen LogP contribution in [-0.2, 0) is 11.0 Å². The van der Waals surface area contributed by atoms with Crippen molar-refractivity contribution in [3.8, 4) is 0 Å². The van der Waals surface area contributed by atoms with Crippen molar-refractivity contribution in [3.63, 3.8) is 0 Å². The number of rotatable bonds is 4. The summed E-state index contributed by atoms with van der Waals surface area (Å²) in [5.74, 6) is -0.498. The number of alkyl halides is 3. The number of carbonyl (C=O) groups excluding carboxylic acids is 1. The van der Waals surface area contributed by atoms with E-state index in [-0.39, 0.29) is 5.69 Å². The molecule has 2 aromatic carbocycles. The largest absolute Gasteiger partial charge is 0.418 e. The van der Waals surface area contributed by atoms with Gasteiger partial charge in [-0.25, -0.2) is 0 Å². The van der Waals surface area contributed by atoms with Gasteiger partial charge in [0.15, 0.2) is 0 Å². The molecular weight excluding hydrogens is 347 g/mol. The number of hydrogen-bond acceptors (Lipinski definition) is 2. The Bertz CT molecular complexity index is 688. The average molecular weight is 360 g/mol. The molecule has 0 fully saturated rings. The Morgan fingerprint density at radius 1 is 1.13 bits per heavy atom. The summed E-state index contributed by atoms with van der Waals surface area (Å²) < 4.78 is 38.7. The number of carbonyl (C=O) groups is 1. The van der Waals surface area contributed by atoms with E-state index >= 15 is 0 Å². The Balaban J connectivity index is 2.08. The predicted octanol–water partition coefficient (Wildman–Crippen LogP) is 5.48. The normalized spacial score (nSPS) is 12.7. The second-order valence-corrected chi connectivity index (χ2v) is 6.60. The van der Waals surface area contributed by atoms with E-state index < -0.39 is 22.9 Å². The van der Waals surface area contributed by atoms with Crippen molar-refractivity contribution in [3.05, 3.63) is 59.1 Å². The molecule has 2 aromatic rings. The summed E-state index contributed by atoms with van der Waals surface area (Å²) in [6.45, 7) is 1.63. The number of amides is 1. The van der Waals surface area contributed by atoms with Crippen molar-refractivity contribution in [2.24, 2.45) is 0 Å². The van der Waals surface area contributed by atoms with Gasteiger partial charge in [-0.05, 0) is 43.3 Å². The zero-order chi connectivity index (χ0) is 17.0. The van der Waals surface area contributed by atoms with Gasteiger partial charge in [0.2, 0.25) is 5.91 Å². The van der Waals surface area contributed by atoms with Crippen LogP contribution in [0.15, 0.2) is 53.4 Å². The summed E-state index contributed by atoms with van der Waals surface area (Å²) in [6, 6.07) is 11.8. The molecule has 0 spiro atoms. The highest BCUT2D eigenvalue weighted by Crippen LogP contribution is 2.35. The first-order valence-electron chi connectivity index (χ1n) is 6.66. The zero-order valence-electron chi connectivity index (χ0n) is 12.0. The SMILES string of the molecule is C[C@H](Sc1ccc(Cl)cc1)C(=O)Nc1ccccc1C(F)(F)F. The molecule has 0 saturated heterocycles. The zero-order valence-corrected chi connectivity index (χ0v) is 13.6. The van der Waals surface area contributed by atoms with E-state index in [4.69, 9.17) is 11.6 Å². The van der Waals surface area contributed by atoms with Gasteiger partial charge in [0, 0.05) is 9.92 Å². The summed E-state index contributed by atoms with van der Waals surface area (Å²) in [6.07, 6.45) is -4.52. The third-order valence-corrected chi connectivity index (χ3v) is 4.35. The van der Waals surface area contributed by atoms with E-state index in [0.717, 1.165) is 11.0 Å².